The topological polar surface area (TPSA) is 71.1 Å². The van der Waals surface area contributed by atoms with Crippen molar-refractivity contribution in [1.82, 2.24) is 15.8 Å². The molecule has 1 aliphatic carbocycles. The standard InChI is InChI=1S/C15H15N3O2/c1-9-8-12(9)15(20)18-17-14(19)11-6-2-4-10-5-3-7-16-13(10)11/h2-7,9,12H,8H2,1H3,(H,17,19)(H,18,20)/t9-,12+/m1/s1. The maximum atomic E-state index is 12.1. The lowest BCUT2D eigenvalue weighted by molar-refractivity contribution is -0.123. The number of benzene rings is 1. The maximum Gasteiger partial charge on any atom is 0.271 e. The Balaban J connectivity index is 1.74. The fourth-order valence-electron chi connectivity index (χ4n) is 2.25. The van der Waals surface area contributed by atoms with Gasteiger partial charge < -0.3 is 0 Å². The molecule has 0 radical (unpaired) electrons. The first-order valence-corrected chi connectivity index (χ1v) is 6.61. The number of hydrazine groups is 1. The zero-order valence-corrected chi connectivity index (χ0v) is 11.1. The minimum Gasteiger partial charge on any atom is -0.273 e. The predicted octanol–water partition coefficient (Wildman–Crippen LogP) is 1.65. The van der Waals surface area contributed by atoms with Crippen LogP contribution in [0.15, 0.2) is 36.5 Å². The van der Waals surface area contributed by atoms with Crippen LogP contribution in [-0.2, 0) is 4.79 Å². The smallest absolute Gasteiger partial charge is 0.271 e. The van der Waals surface area contributed by atoms with Gasteiger partial charge in [-0.1, -0.05) is 25.1 Å². The van der Waals surface area contributed by atoms with Gasteiger partial charge in [0.2, 0.25) is 5.91 Å². The summed E-state index contributed by atoms with van der Waals surface area (Å²) < 4.78 is 0. The van der Waals surface area contributed by atoms with Crippen LogP contribution < -0.4 is 10.9 Å². The molecule has 5 heteroatoms. The van der Waals surface area contributed by atoms with Crippen molar-refractivity contribution < 1.29 is 9.59 Å². The lowest BCUT2D eigenvalue weighted by Gasteiger charge is -2.08. The van der Waals surface area contributed by atoms with Crippen LogP contribution in [0.2, 0.25) is 0 Å². The molecule has 0 spiro atoms. The SMILES string of the molecule is C[C@@H]1C[C@@H]1C(=O)NNC(=O)c1cccc2cccnc12. The largest absolute Gasteiger partial charge is 0.273 e. The summed E-state index contributed by atoms with van der Waals surface area (Å²) in [5.74, 6) is -0.0398. The number of aromatic nitrogens is 1. The third-order valence-electron chi connectivity index (χ3n) is 3.62. The number of carbonyl (C=O) groups excluding carboxylic acids is 2. The second kappa shape index (κ2) is 4.92. The zero-order chi connectivity index (χ0) is 14.1. The number of fused-ring (bicyclic) bond motifs is 1. The summed E-state index contributed by atoms with van der Waals surface area (Å²) in [6.07, 6.45) is 2.53. The molecule has 0 bridgehead atoms. The molecule has 2 atom stereocenters. The summed E-state index contributed by atoms with van der Waals surface area (Å²) in [6.45, 7) is 2.01. The summed E-state index contributed by atoms with van der Waals surface area (Å²) in [5.41, 5.74) is 6.00. The van der Waals surface area contributed by atoms with Crippen LogP contribution in [0.5, 0.6) is 0 Å². The van der Waals surface area contributed by atoms with Gasteiger partial charge in [0.15, 0.2) is 0 Å². The minimum atomic E-state index is -0.351. The molecule has 20 heavy (non-hydrogen) atoms. The molecule has 1 heterocycles. The molecule has 2 N–H and O–H groups in total. The van der Waals surface area contributed by atoms with E-state index in [1.54, 1.807) is 18.3 Å². The molecule has 1 aromatic heterocycles. The van der Waals surface area contributed by atoms with E-state index in [0.717, 1.165) is 11.8 Å². The van der Waals surface area contributed by atoms with Gasteiger partial charge in [-0.15, -0.1) is 0 Å². The highest BCUT2D eigenvalue weighted by Crippen LogP contribution is 2.37. The van der Waals surface area contributed by atoms with Crippen LogP contribution in [-0.4, -0.2) is 16.8 Å². The molecular formula is C15H15N3O2. The van der Waals surface area contributed by atoms with Crippen molar-refractivity contribution in [2.24, 2.45) is 11.8 Å². The van der Waals surface area contributed by atoms with E-state index in [0.29, 0.717) is 17.0 Å². The molecule has 1 aliphatic rings. The molecule has 1 saturated carbocycles. The molecule has 0 unspecified atom stereocenters. The Bertz CT molecular complexity index is 678. The van der Waals surface area contributed by atoms with E-state index in [2.05, 4.69) is 15.8 Å². The van der Waals surface area contributed by atoms with Crippen molar-refractivity contribution in [3.8, 4) is 0 Å². The summed E-state index contributed by atoms with van der Waals surface area (Å²) in [7, 11) is 0. The number of hydrogen-bond acceptors (Lipinski definition) is 3. The van der Waals surface area contributed by atoms with Gasteiger partial charge in [0, 0.05) is 17.5 Å². The van der Waals surface area contributed by atoms with Crippen LogP contribution in [0.25, 0.3) is 10.9 Å². The van der Waals surface area contributed by atoms with E-state index < -0.39 is 0 Å². The summed E-state index contributed by atoms with van der Waals surface area (Å²) in [5, 5.41) is 0.891. The number of nitrogens with one attached hydrogen (secondary N) is 2. The molecule has 0 saturated heterocycles. The lowest BCUT2D eigenvalue weighted by Crippen LogP contribution is -2.42. The Kier molecular flexibility index (Phi) is 3.10. The normalized spacial score (nSPS) is 20.4. The van der Waals surface area contributed by atoms with Gasteiger partial charge in [0.1, 0.15) is 0 Å². The first-order valence-electron chi connectivity index (χ1n) is 6.61. The number of nitrogens with zero attached hydrogens (tertiary/aromatic N) is 1. The van der Waals surface area contributed by atoms with E-state index in [-0.39, 0.29) is 17.7 Å². The predicted molar refractivity (Wildman–Crippen MR) is 74.6 cm³/mol. The minimum absolute atomic E-state index is 0.0287. The Morgan fingerprint density at radius 1 is 1.20 bits per heavy atom. The second-order valence-corrected chi connectivity index (χ2v) is 5.14. The molecule has 1 fully saturated rings. The fraction of sp³-hybridized carbons (Fsp3) is 0.267. The molecule has 0 aliphatic heterocycles. The Hall–Kier alpha value is -2.43. The van der Waals surface area contributed by atoms with Gasteiger partial charge in [0.05, 0.1) is 11.1 Å². The van der Waals surface area contributed by atoms with Gasteiger partial charge in [0.25, 0.3) is 5.91 Å². The molecule has 2 amide bonds. The first kappa shape index (κ1) is 12.6. The third-order valence-corrected chi connectivity index (χ3v) is 3.62. The molecule has 2 aromatic rings. The second-order valence-electron chi connectivity index (χ2n) is 5.14. The quantitative estimate of drug-likeness (QED) is 0.814. The number of hydrogen-bond donors (Lipinski definition) is 2. The number of rotatable bonds is 2. The Morgan fingerprint density at radius 2 is 1.95 bits per heavy atom. The Morgan fingerprint density at radius 3 is 2.70 bits per heavy atom. The number of pyridine rings is 1. The van der Waals surface area contributed by atoms with E-state index >= 15 is 0 Å². The van der Waals surface area contributed by atoms with E-state index in [1.807, 2.05) is 25.1 Å². The number of amides is 2. The van der Waals surface area contributed by atoms with Crippen LogP contribution in [0.4, 0.5) is 0 Å². The molecular weight excluding hydrogens is 254 g/mol. The number of para-hydroxylation sites is 1. The van der Waals surface area contributed by atoms with Crippen molar-refractivity contribution in [2.45, 2.75) is 13.3 Å². The third kappa shape index (κ3) is 2.34. The van der Waals surface area contributed by atoms with E-state index in [9.17, 15) is 9.59 Å². The Labute approximate surface area is 116 Å². The van der Waals surface area contributed by atoms with Gasteiger partial charge in [-0.3, -0.25) is 25.4 Å². The summed E-state index contributed by atoms with van der Waals surface area (Å²) in [6, 6.07) is 9.09. The van der Waals surface area contributed by atoms with Gasteiger partial charge >= 0.3 is 0 Å². The lowest BCUT2D eigenvalue weighted by atomic mass is 10.1. The van der Waals surface area contributed by atoms with Crippen molar-refractivity contribution in [1.29, 1.82) is 0 Å². The molecule has 102 valence electrons. The zero-order valence-electron chi connectivity index (χ0n) is 11.1. The monoisotopic (exact) mass is 269 g/mol. The van der Waals surface area contributed by atoms with Gasteiger partial charge in [-0.05, 0) is 24.5 Å². The van der Waals surface area contributed by atoms with Crippen molar-refractivity contribution in [3.05, 3.63) is 42.1 Å². The molecule has 1 aromatic carbocycles. The van der Waals surface area contributed by atoms with E-state index in [1.165, 1.54) is 0 Å². The fourth-order valence-corrected chi connectivity index (χ4v) is 2.25. The van der Waals surface area contributed by atoms with Crippen molar-refractivity contribution in [3.63, 3.8) is 0 Å². The maximum absolute atomic E-state index is 12.1. The van der Waals surface area contributed by atoms with Crippen molar-refractivity contribution >= 4 is 22.7 Å². The average Bonchev–Trinajstić information content (AvgIpc) is 3.21. The average molecular weight is 269 g/mol. The highest BCUT2D eigenvalue weighted by atomic mass is 16.2. The highest BCUT2D eigenvalue weighted by Gasteiger charge is 2.39. The molecule has 3 rings (SSSR count). The van der Waals surface area contributed by atoms with Crippen LogP contribution in [0.3, 0.4) is 0 Å². The van der Waals surface area contributed by atoms with Gasteiger partial charge in [-0.2, -0.15) is 0 Å². The molecule has 5 nitrogen and oxygen atoms in total. The van der Waals surface area contributed by atoms with Crippen LogP contribution in [0.1, 0.15) is 23.7 Å². The number of carbonyl (C=O) groups is 2. The first-order chi connectivity index (χ1) is 9.66. The summed E-state index contributed by atoms with van der Waals surface area (Å²) in [4.78, 5) is 28.0. The summed E-state index contributed by atoms with van der Waals surface area (Å²) >= 11 is 0. The van der Waals surface area contributed by atoms with Crippen LogP contribution in [0, 0.1) is 11.8 Å². The van der Waals surface area contributed by atoms with Crippen LogP contribution >= 0.6 is 0 Å². The van der Waals surface area contributed by atoms with E-state index in [4.69, 9.17) is 0 Å². The highest BCUT2D eigenvalue weighted by molar-refractivity contribution is 6.05. The van der Waals surface area contributed by atoms with Crippen molar-refractivity contribution in [2.75, 3.05) is 0 Å². The van der Waals surface area contributed by atoms with Gasteiger partial charge in [-0.25, -0.2) is 0 Å².